The van der Waals surface area contributed by atoms with E-state index in [0.717, 1.165) is 32.6 Å². The fourth-order valence-electron chi connectivity index (χ4n) is 2.82. The predicted molar refractivity (Wildman–Crippen MR) is 80.2 cm³/mol. The van der Waals surface area contributed by atoms with Crippen molar-refractivity contribution in [2.75, 3.05) is 31.1 Å². The molecule has 1 aliphatic rings. The number of oxime groups is 1. The minimum absolute atomic E-state index is 0.0284. The molecule has 1 unspecified atom stereocenters. The molecule has 3 N–H and O–H groups in total. The molecule has 6 nitrogen and oxygen atoms in total. The van der Waals surface area contributed by atoms with Crippen molar-refractivity contribution in [3.05, 3.63) is 24.0 Å². The molecule has 110 valence electrons. The van der Waals surface area contributed by atoms with Gasteiger partial charge in [0.05, 0.1) is 6.04 Å². The molecule has 0 aromatic carbocycles. The lowest BCUT2D eigenvalue weighted by Gasteiger charge is -2.39. The molecule has 6 heteroatoms. The smallest absolute Gasteiger partial charge is 0.156 e. The van der Waals surface area contributed by atoms with Crippen LogP contribution < -0.4 is 10.6 Å². The molecule has 0 saturated carbocycles. The number of aryl methyl sites for hydroxylation is 1. The lowest BCUT2D eigenvalue weighted by Crippen LogP contribution is -2.54. The quantitative estimate of drug-likeness (QED) is 0.372. The number of rotatable bonds is 4. The van der Waals surface area contributed by atoms with E-state index in [4.69, 9.17) is 10.9 Å². The summed E-state index contributed by atoms with van der Waals surface area (Å²) >= 11 is 0. The topological polar surface area (TPSA) is 78.0 Å². The molecule has 0 amide bonds. The number of nitrogens with two attached hydrogens (primary N) is 1. The SMILES string of the molecule is CCC(C(N)=NO)N1CCN(c2ccncc2C)CC1. The highest BCUT2D eigenvalue weighted by Crippen LogP contribution is 2.20. The fourth-order valence-corrected chi connectivity index (χ4v) is 2.82. The standard InChI is InChI=1S/C14H23N5O/c1-3-12(14(15)17-20)18-6-8-19(9-7-18)13-4-5-16-10-11(13)2/h4-5,10,12,20H,3,6-9H2,1-2H3,(H2,15,17). The Kier molecular flexibility index (Phi) is 4.79. The molecule has 1 fully saturated rings. The molecular formula is C14H23N5O. The zero-order valence-electron chi connectivity index (χ0n) is 12.2. The van der Waals surface area contributed by atoms with E-state index in [1.165, 1.54) is 11.3 Å². The Labute approximate surface area is 119 Å². The van der Waals surface area contributed by atoms with Crippen LogP contribution in [-0.4, -0.2) is 53.1 Å². The van der Waals surface area contributed by atoms with Crippen LogP contribution in [0.2, 0.25) is 0 Å². The average molecular weight is 277 g/mol. The van der Waals surface area contributed by atoms with E-state index < -0.39 is 0 Å². The maximum absolute atomic E-state index is 8.85. The van der Waals surface area contributed by atoms with Crippen molar-refractivity contribution >= 4 is 11.5 Å². The van der Waals surface area contributed by atoms with Gasteiger partial charge in [-0.25, -0.2) is 0 Å². The number of pyridine rings is 1. The number of aromatic nitrogens is 1. The van der Waals surface area contributed by atoms with Gasteiger partial charge in [-0.2, -0.15) is 0 Å². The Bertz CT molecular complexity index is 468. The van der Waals surface area contributed by atoms with Crippen molar-refractivity contribution in [3.8, 4) is 0 Å². The Morgan fingerprint density at radius 2 is 2.15 bits per heavy atom. The van der Waals surface area contributed by atoms with E-state index in [0.29, 0.717) is 5.84 Å². The minimum atomic E-state index is 0.0284. The zero-order chi connectivity index (χ0) is 14.5. The van der Waals surface area contributed by atoms with Gasteiger partial charge in [-0.1, -0.05) is 12.1 Å². The Balaban J connectivity index is 2.00. The first-order valence-electron chi connectivity index (χ1n) is 7.04. The molecule has 1 saturated heterocycles. The lowest BCUT2D eigenvalue weighted by atomic mass is 10.1. The van der Waals surface area contributed by atoms with Crippen LogP contribution in [-0.2, 0) is 0 Å². The highest BCUT2D eigenvalue weighted by atomic mass is 16.4. The summed E-state index contributed by atoms with van der Waals surface area (Å²) in [7, 11) is 0. The van der Waals surface area contributed by atoms with Gasteiger partial charge in [-0.05, 0) is 25.0 Å². The number of nitrogens with zero attached hydrogens (tertiary/aromatic N) is 4. The van der Waals surface area contributed by atoms with Crippen molar-refractivity contribution in [1.29, 1.82) is 0 Å². The van der Waals surface area contributed by atoms with Crippen LogP contribution in [0.5, 0.6) is 0 Å². The van der Waals surface area contributed by atoms with Crippen LogP contribution in [0.25, 0.3) is 0 Å². The fraction of sp³-hybridized carbons (Fsp3) is 0.571. The minimum Gasteiger partial charge on any atom is -0.409 e. The molecule has 1 aromatic rings. The van der Waals surface area contributed by atoms with Crippen molar-refractivity contribution in [3.63, 3.8) is 0 Å². The Morgan fingerprint density at radius 3 is 2.70 bits per heavy atom. The second kappa shape index (κ2) is 6.56. The predicted octanol–water partition coefficient (Wildman–Crippen LogP) is 1.04. The lowest BCUT2D eigenvalue weighted by molar-refractivity contribution is 0.216. The molecule has 2 heterocycles. The number of piperazine rings is 1. The molecule has 20 heavy (non-hydrogen) atoms. The van der Waals surface area contributed by atoms with E-state index in [-0.39, 0.29) is 6.04 Å². The molecule has 2 rings (SSSR count). The second-order valence-electron chi connectivity index (χ2n) is 5.13. The molecule has 0 radical (unpaired) electrons. The maximum Gasteiger partial charge on any atom is 0.156 e. The van der Waals surface area contributed by atoms with Gasteiger partial charge in [0.25, 0.3) is 0 Å². The number of amidine groups is 1. The van der Waals surface area contributed by atoms with E-state index in [2.05, 4.69) is 39.9 Å². The highest BCUT2D eigenvalue weighted by molar-refractivity contribution is 5.85. The van der Waals surface area contributed by atoms with Crippen LogP contribution in [0.15, 0.2) is 23.6 Å². The van der Waals surface area contributed by atoms with Gasteiger partial charge in [-0.3, -0.25) is 9.88 Å². The second-order valence-corrected chi connectivity index (χ2v) is 5.13. The summed E-state index contributed by atoms with van der Waals surface area (Å²) in [5.74, 6) is 0.307. The first kappa shape index (κ1) is 14.6. The number of hydrogen-bond acceptors (Lipinski definition) is 5. The maximum atomic E-state index is 8.85. The summed E-state index contributed by atoms with van der Waals surface area (Å²) in [5, 5.41) is 12.0. The molecule has 0 bridgehead atoms. The molecule has 1 aromatic heterocycles. The third kappa shape index (κ3) is 3.01. The molecular weight excluding hydrogens is 254 g/mol. The van der Waals surface area contributed by atoms with Crippen LogP contribution in [0.4, 0.5) is 5.69 Å². The van der Waals surface area contributed by atoms with Crippen molar-refractivity contribution in [1.82, 2.24) is 9.88 Å². The third-order valence-electron chi connectivity index (χ3n) is 3.93. The summed E-state index contributed by atoms with van der Waals surface area (Å²) in [6, 6.07) is 2.09. The summed E-state index contributed by atoms with van der Waals surface area (Å²) in [6.07, 6.45) is 4.58. The van der Waals surface area contributed by atoms with Gasteiger partial charge in [0.1, 0.15) is 0 Å². The Morgan fingerprint density at radius 1 is 1.45 bits per heavy atom. The summed E-state index contributed by atoms with van der Waals surface area (Å²) in [5.41, 5.74) is 8.21. The first-order valence-corrected chi connectivity index (χ1v) is 7.04. The Hall–Kier alpha value is -1.82. The van der Waals surface area contributed by atoms with E-state index in [9.17, 15) is 0 Å². The first-order chi connectivity index (χ1) is 9.67. The summed E-state index contributed by atoms with van der Waals surface area (Å²) < 4.78 is 0. The van der Waals surface area contributed by atoms with Crippen molar-refractivity contribution in [2.24, 2.45) is 10.9 Å². The van der Waals surface area contributed by atoms with Gasteiger partial charge in [0.15, 0.2) is 5.84 Å². The normalized spacial score (nSPS) is 19.1. The average Bonchev–Trinajstić information content (AvgIpc) is 2.49. The van der Waals surface area contributed by atoms with E-state index in [1.54, 1.807) is 0 Å². The van der Waals surface area contributed by atoms with Crippen LogP contribution in [0.3, 0.4) is 0 Å². The van der Waals surface area contributed by atoms with Gasteiger partial charge < -0.3 is 15.8 Å². The van der Waals surface area contributed by atoms with Gasteiger partial charge in [-0.15, -0.1) is 0 Å². The molecule has 1 atom stereocenters. The monoisotopic (exact) mass is 277 g/mol. The molecule has 0 spiro atoms. The van der Waals surface area contributed by atoms with Crippen LogP contribution in [0, 0.1) is 6.92 Å². The van der Waals surface area contributed by atoms with Crippen molar-refractivity contribution < 1.29 is 5.21 Å². The number of hydrogen-bond donors (Lipinski definition) is 2. The van der Waals surface area contributed by atoms with Gasteiger partial charge >= 0.3 is 0 Å². The van der Waals surface area contributed by atoms with E-state index >= 15 is 0 Å². The van der Waals surface area contributed by atoms with Crippen molar-refractivity contribution in [2.45, 2.75) is 26.3 Å². The summed E-state index contributed by atoms with van der Waals surface area (Å²) in [6.45, 7) is 7.86. The van der Waals surface area contributed by atoms with Gasteiger partial charge in [0, 0.05) is 44.3 Å². The van der Waals surface area contributed by atoms with Gasteiger partial charge in [0.2, 0.25) is 0 Å². The molecule has 1 aliphatic heterocycles. The third-order valence-corrected chi connectivity index (χ3v) is 3.93. The van der Waals surface area contributed by atoms with Crippen LogP contribution in [0.1, 0.15) is 18.9 Å². The summed E-state index contributed by atoms with van der Waals surface area (Å²) in [4.78, 5) is 8.78. The number of anilines is 1. The zero-order valence-corrected chi connectivity index (χ0v) is 12.2. The largest absolute Gasteiger partial charge is 0.409 e. The highest BCUT2D eigenvalue weighted by Gasteiger charge is 2.25. The van der Waals surface area contributed by atoms with Crippen LogP contribution >= 0.6 is 0 Å². The van der Waals surface area contributed by atoms with E-state index in [1.807, 2.05) is 12.4 Å². The molecule has 0 aliphatic carbocycles.